The summed E-state index contributed by atoms with van der Waals surface area (Å²) < 4.78 is 5.27. The van der Waals surface area contributed by atoms with E-state index in [1.165, 1.54) is 5.56 Å². The highest BCUT2D eigenvalue weighted by molar-refractivity contribution is 5.94. The molecule has 6 heteroatoms. The van der Waals surface area contributed by atoms with Gasteiger partial charge in [0, 0.05) is 11.1 Å². The van der Waals surface area contributed by atoms with Gasteiger partial charge in [0.25, 0.3) is 0 Å². The number of ether oxygens (including phenoxy) is 1. The maximum absolute atomic E-state index is 12.6. The zero-order valence-corrected chi connectivity index (χ0v) is 17.8. The minimum Gasteiger partial charge on any atom is -0.463 e. The van der Waals surface area contributed by atoms with Crippen LogP contribution in [-0.4, -0.2) is 31.2 Å². The largest absolute Gasteiger partial charge is 0.463 e. The maximum Gasteiger partial charge on any atom is 0.338 e. The van der Waals surface area contributed by atoms with Crippen LogP contribution in [0.2, 0.25) is 0 Å². The highest BCUT2D eigenvalue weighted by Gasteiger charge is 2.32. The lowest BCUT2D eigenvalue weighted by Gasteiger charge is -2.28. The van der Waals surface area contributed by atoms with Gasteiger partial charge in [-0.25, -0.2) is 9.59 Å². The Morgan fingerprint density at radius 3 is 2.37 bits per heavy atom. The van der Waals surface area contributed by atoms with Crippen LogP contribution in [0.15, 0.2) is 65.9 Å². The molecule has 1 aliphatic heterocycles. The summed E-state index contributed by atoms with van der Waals surface area (Å²) in [6.45, 7) is 6.53. The van der Waals surface area contributed by atoms with Crippen LogP contribution in [0.1, 0.15) is 43.0 Å². The van der Waals surface area contributed by atoms with Crippen molar-refractivity contribution in [2.75, 3.05) is 13.2 Å². The van der Waals surface area contributed by atoms with Gasteiger partial charge >= 0.3 is 12.0 Å². The average Bonchev–Trinajstić information content (AvgIpc) is 2.75. The van der Waals surface area contributed by atoms with Gasteiger partial charge in [-0.3, -0.25) is 0 Å². The van der Waals surface area contributed by atoms with Crippen LogP contribution in [0.25, 0.3) is 0 Å². The van der Waals surface area contributed by atoms with E-state index >= 15 is 0 Å². The fourth-order valence-electron chi connectivity index (χ4n) is 3.76. The van der Waals surface area contributed by atoms with Crippen LogP contribution < -0.4 is 16.0 Å². The molecule has 2 aromatic rings. The van der Waals surface area contributed by atoms with Gasteiger partial charge in [0.05, 0.1) is 23.9 Å². The van der Waals surface area contributed by atoms with E-state index < -0.39 is 0 Å². The molecule has 0 aliphatic carbocycles. The lowest BCUT2D eigenvalue weighted by molar-refractivity contribution is -0.680. The van der Waals surface area contributed by atoms with Crippen molar-refractivity contribution in [3.8, 4) is 0 Å². The Labute approximate surface area is 177 Å². The molecule has 0 fully saturated rings. The van der Waals surface area contributed by atoms with Crippen LogP contribution in [0.5, 0.6) is 0 Å². The number of amides is 2. The fraction of sp³-hybridized carbons (Fsp3) is 0.333. The van der Waals surface area contributed by atoms with E-state index in [1.54, 1.807) is 6.92 Å². The third-order valence-electron chi connectivity index (χ3n) is 5.30. The second kappa shape index (κ2) is 10.1. The van der Waals surface area contributed by atoms with Crippen molar-refractivity contribution in [3.05, 3.63) is 82.6 Å². The monoisotopic (exact) mass is 408 g/mol. The smallest absolute Gasteiger partial charge is 0.338 e. The summed E-state index contributed by atoms with van der Waals surface area (Å²) in [5.41, 5.74) is 4.64. The Morgan fingerprint density at radius 1 is 1.07 bits per heavy atom. The number of hydrogen-bond acceptors (Lipinski definition) is 3. The van der Waals surface area contributed by atoms with Crippen molar-refractivity contribution >= 4 is 12.0 Å². The summed E-state index contributed by atoms with van der Waals surface area (Å²) in [6, 6.07) is 18.1. The lowest BCUT2D eigenvalue weighted by Crippen LogP contribution is -2.86. The van der Waals surface area contributed by atoms with Crippen molar-refractivity contribution in [2.24, 2.45) is 0 Å². The minimum atomic E-state index is -0.383. The molecule has 1 heterocycles. The zero-order chi connectivity index (χ0) is 21.5. The van der Waals surface area contributed by atoms with Gasteiger partial charge in [0.2, 0.25) is 0 Å². The average molecular weight is 409 g/mol. The molecule has 0 saturated carbocycles. The number of urea groups is 1. The first-order valence-corrected chi connectivity index (χ1v) is 10.5. The number of carbonyl (C=O) groups is 2. The maximum atomic E-state index is 12.6. The summed E-state index contributed by atoms with van der Waals surface area (Å²) in [7, 11) is 0. The molecule has 4 N–H and O–H groups in total. The molecule has 6 nitrogen and oxygen atoms in total. The summed E-state index contributed by atoms with van der Waals surface area (Å²) in [5.74, 6) is -0.383. The van der Waals surface area contributed by atoms with Gasteiger partial charge in [-0.1, -0.05) is 67.1 Å². The van der Waals surface area contributed by atoms with Gasteiger partial charge < -0.3 is 20.7 Å². The van der Waals surface area contributed by atoms with Crippen molar-refractivity contribution in [1.82, 2.24) is 10.6 Å². The first-order chi connectivity index (χ1) is 14.5. The summed E-state index contributed by atoms with van der Waals surface area (Å²) in [4.78, 5) is 24.8. The molecule has 2 amide bonds. The molecule has 30 heavy (non-hydrogen) atoms. The van der Waals surface area contributed by atoms with E-state index in [0.29, 0.717) is 30.8 Å². The molecule has 2 aromatic carbocycles. The number of quaternary nitrogens is 1. The van der Waals surface area contributed by atoms with E-state index in [9.17, 15) is 9.59 Å². The number of nitrogens with two attached hydrogens (primary N) is 1. The van der Waals surface area contributed by atoms with Gasteiger partial charge in [0.1, 0.15) is 12.6 Å². The topological polar surface area (TPSA) is 84.0 Å². The quantitative estimate of drug-likeness (QED) is 0.587. The number of hydrogen-bond donors (Lipinski definition) is 3. The van der Waals surface area contributed by atoms with Crippen LogP contribution in [0.4, 0.5) is 4.79 Å². The molecule has 0 saturated heterocycles. The van der Waals surface area contributed by atoms with Crippen LogP contribution in [0.3, 0.4) is 0 Å². The van der Waals surface area contributed by atoms with Gasteiger partial charge in [-0.15, -0.1) is 0 Å². The lowest BCUT2D eigenvalue weighted by atomic mass is 9.96. The first-order valence-electron chi connectivity index (χ1n) is 10.5. The van der Waals surface area contributed by atoms with Gasteiger partial charge in [0.15, 0.2) is 0 Å². The molecule has 0 radical (unpaired) electrons. The second-order valence-corrected chi connectivity index (χ2v) is 7.41. The number of benzene rings is 2. The molecular formula is C24H30N3O3+. The van der Waals surface area contributed by atoms with Crippen molar-refractivity contribution in [1.29, 1.82) is 0 Å². The Balaban J connectivity index is 1.92. The van der Waals surface area contributed by atoms with E-state index in [2.05, 4.69) is 59.3 Å². The Kier molecular flexibility index (Phi) is 7.25. The van der Waals surface area contributed by atoms with Crippen LogP contribution in [-0.2, 0) is 9.53 Å². The molecule has 0 bridgehead atoms. The standard InChI is InChI=1S/C24H29N3O3/c1-4-19-21(23(28)30-5-2)20(27-24(29)26-19)15-25-22(17-9-7-6-8-10-17)18-13-11-16(3)12-14-18/h6-14,19,22,25H,4-5,15H2,1-3H3,(H2,26,27,29)/p+1/t19-,22-/m0/s1. The van der Waals surface area contributed by atoms with Crippen molar-refractivity contribution < 1.29 is 19.6 Å². The number of carbonyl (C=O) groups excluding carboxylic acids is 2. The van der Waals surface area contributed by atoms with E-state index in [0.717, 1.165) is 11.1 Å². The highest BCUT2D eigenvalue weighted by Crippen LogP contribution is 2.20. The number of aryl methyl sites for hydroxylation is 1. The number of esters is 1. The van der Waals surface area contributed by atoms with Crippen LogP contribution >= 0.6 is 0 Å². The molecular weight excluding hydrogens is 378 g/mol. The third-order valence-corrected chi connectivity index (χ3v) is 5.30. The summed E-state index contributed by atoms with van der Waals surface area (Å²) in [6.07, 6.45) is 0.616. The predicted octanol–water partition coefficient (Wildman–Crippen LogP) is 2.56. The van der Waals surface area contributed by atoms with Crippen LogP contribution in [0, 0.1) is 6.92 Å². The first kappa shape index (κ1) is 21.6. The third kappa shape index (κ3) is 5.07. The SMILES string of the molecule is CCOC(=O)C1=C(C[NH2+][C@@H](c2ccccc2)c2ccc(C)cc2)NC(=O)N[C@H]1CC. The molecule has 0 spiro atoms. The van der Waals surface area contributed by atoms with E-state index in [-0.39, 0.29) is 24.1 Å². The van der Waals surface area contributed by atoms with Gasteiger partial charge in [-0.05, 0) is 20.3 Å². The van der Waals surface area contributed by atoms with Crippen molar-refractivity contribution in [3.63, 3.8) is 0 Å². The molecule has 0 unspecified atom stereocenters. The zero-order valence-electron chi connectivity index (χ0n) is 17.8. The molecule has 2 atom stereocenters. The Hall–Kier alpha value is -3.12. The molecule has 0 aromatic heterocycles. The normalized spacial score (nSPS) is 17.2. The Morgan fingerprint density at radius 2 is 1.73 bits per heavy atom. The fourth-order valence-corrected chi connectivity index (χ4v) is 3.76. The molecule has 1 aliphatic rings. The second-order valence-electron chi connectivity index (χ2n) is 7.41. The highest BCUT2D eigenvalue weighted by atomic mass is 16.5. The molecule has 3 rings (SSSR count). The van der Waals surface area contributed by atoms with E-state index in [4.69, 9.17) is 4.74 Å². The summed E-state index contributed by atoms with van der Waals surface area (Å²) >= 11 is 0. The predicted molar refractivity (Wildman–Crippen MR) is 116 cm³/mol. The summed E-state index contributed by atoms with van der Waals surface area (Å²) in [5, 5.41) is 7.80. The van der Waals surface area contributed by atoms with Gasteiger partial charge in [-0.2, -0.15) is 0 Å². The molecule has 158 valence electrons. The van der Waals surface area contributed by atoms with Crippen molar-refractivity contribution in [2.45, 2.75) is 39.3 Å². The Bertz CT molecular complexity index is 907. The number of rotatable bonds is 8. The number of nitrogens with one attached hydrogen (secondary N) is 2. The minimum absolute atomic E-state index is 0.0367. The van der Waals surface area contributed by atoms with E-state index in [1.807, 2.05) is 25.1 Å².